The van der Waals surface area contributed by atoms with Gasteiger partial charge in [-0.15, -0.1) is 0 Å². The normalized spacial score (nSPS) is 17.6. The van der Waals surface area contributed by atoms with Gasteiger partial charge in [0.2, 0.25) is 0 Å². The second-order valence-electron chi connectivity index (χ2n) is 9.84. The summed E-state index contributed by atoms with van der Waals surface area (Å²) < 4.78 is 0. The molecule has 0 aliphatic heterocycles. The summed E-state index contributed by atoms with van der Waals surface area (Å²) in [7, 11) is -2.62. The largest absolute Gasteiger partial charge is 0.507 e. The smallest absolute Gasteiger partial charge is 0.324 e. The molecule has 33 heavy (non-hydrogen) atoms. The van der Waals surface area contributed by atoms with Crippen LogP contribution >= 0.6 is 8.60 Å². The van der Waals surface area contributed by atoms with Crippen molar-refractivity contribution in [2.45, 2.75) is 96.3 Å². The molecule has 2 fully saturated rings. The Morgan fingerprint density at radius 1 is 0.636 bits per heavy atom. The number of rotatable bonds is 4. The molecule has 2 aliphatic rings. The molecule has 0 spiro atoms. The van der Waals surface area contributed by atoms with Crippen molar-refractivity contribution in [3.8, 4) is 11.5 Å². The lowest BCUT2D eigenvalue weighted by atomic mass is 9.81. The molecule has 2 aromatic rings. The molecule has 0 atom stereocenters. The van der Waals surface area contributed by atoms with Gasteiger partial charge >= 0.3 is 8.60 Å². The molecule has 0 aromatic heterocycles. The van der Waals surface area contributed by atoms with Crippen molar-refractivity contribution in [1.82, 2.24) is 0 Å². The third-order valence-electron chi connectivity index (χ3n) is 7.20. The Morgan fingerprint density at radius 2 is 0.970 bits per heavy atom. The van der Waals surface area contributed by atoms with Gasteiger partial charge in [-0.3, -0.25) is 0 Å². The molecule has 5 N–H and O–H groups in total. The van der Waals surface area contributed by atoms with Gasteiger partial charge in [-0.25, -0.2) is 0 Å². The Labute approximate surface area is 199 Å². The Morgan fingerprint density at radius 3 is 1.30 bits per heavy atom. The van der Waals surface area contributed by atoms with E-state index in [2.05, 4.69) is 38.1 Å². The van der Waals surface area contributed by atoms with E-state index in [0.29, 0.717) is 29.8 Å². The first kappa shape index (κ1) is 26.0. The zero-order valence-corrected chi connectivity index (χ0v) is 20.8. The molecule has 5 nitrogen and oxygen atoms in total. The molecule has 182 valence electrons. The van der Waals surface area contributed by atoms with Gasteiger partial charge in [0.05, 0.1) is 0 Å². The van der Waals surface area contributed by atoms with Crippen LogP contribution in [0, 0.1) is 13.8 Å². The average Bonchev–Trinajstić information content (AvgIpc) is 2.79. The predicted octanol–water partition coefficient (Wildman–Crippen LogP) is 6.59. The van der Waals surface area contributed by atoms with Gasteiger partial charge in [-0.2, -0.15) is 0 Å². The van der Waals surface area contributed by atoms with Crippen LogP contribution in [0.25, 0.3) is 0 Å². The molecule has 2 aliphatic carbocycles. The fraction of sp³-hybridized carbons (Fsp3) is 0.556. The van der Waals surface area contributed by atoms with Gasteiger partial charge < -0.3 is 24.9 Å². The maximum Gasteiger partial charge on any atom is 0.324 e. The van der Waals surface area contributed by atoms with E-state index in [1.54, 1.807) is 0 Å². The summed E-state index contributed by atoms with van der Waals surface area (Å²) in [5, 5.41) is 22.2. The number of aromatic hydroxyl groups is 2. The van der Waals surface area contributed by atoms with Gasteiger partial charge in [0.1, 0.15) is 11.5 Å². The number of aryl methyl sites for hydroxylation is 2. The van der Waals surface area contributed by atoms with Crippen molar-refractivity contribution >= 4 is 8.60 Å². The lowest BCUT2D eigenvalue weighted by Crippen LogP contribution is -2.07. The van der Waals surface area contributed by atoms with Crippen LogP contribution in [0.4, 0.5) is 0 Å². The van der Waals surface area contributed by atoms with Crippen molar-refractivity contribution in [2.24, 2.45) is 0 Å². The van der Waals surface area contributed by atoms with Crippen LogP contribution < -0.4 is 0 Å². The number of hydrogen-bond acceptors (Lipinski definition) is 5. The summed E-state index contributed by atoms with van der Waals surface area (Å²) in [6.07, 6.45) is 13.0. The van der Waals surface area contributed by atoms with Crippen LogP contribution in [-0.2, 0) is 6.42 Å². The standard InChI is InChI=1S/C27H36O2.H3O3P/c1-18-13-22(26(28)24(15-18)20-9-5-3-6-10-20)17-23-14-19(2)16-25(27(23)29)21-11-7-4-8-12-21;1-4(2)3/h13-16,20-21,28-29H,3-12,17H2,1-2H3;1-3H. The molecule has 2 saturated carbocycles. The summed E-state index contributed by atoms with van der Waals surface area (Å²) in [5.74, 6) is 1.88. The zero-order valence-electron chi connectivity index (χ0n) is 19.9. The first-order valence-corrected chi connectivity index (χ1v) is 13.5. The van der Waals surface area contributed by atoms with E-state index in [4.69, 9.17) is 14.7 Å². The third kappa shape index (κ3) is 7.16. The van der Waals surface area contributed by atoms with Gasteiger partial charge in [-0.05, 0) is 73.6 Å². The highest BCUT2D eigenvalue weighted by Crippen LogP contribution is 2.42. The molecule has 0 unspecified atom stereocenters. The summed E-state index contributed by atoms with van der Waals surface area (Å²) in [6.45, 7) is 4.25. The van der Waals surface area contributed by atoms with Crippen molar-refractivity contribution in [1.29, 1.82) is 0 Å². The summed E-state index contributed by atoms with van der Waals surface area (Å²) in [6, 6.07) is 8.56. The minimum atomic E-state index is -2.62. The average molecular weight is 475 g/mol. The van der Waals surface area contributed by atoms with Gasteiger partial charge in [0.25, 0.3) is 0 Å². The van der Waals surface area contributed by atoms with Gasteiger partial charge in [-0.1, -0.05) is 73.9 Å². The number of phenols is 2. The second kappa shape index (κ2) is 12.2. The highest BCUT2D eigenvalue weighted by molar-refractivity contribution is 7.38. The molecule has 6 heteroatoms. The van der Waals surface area contributed by atoms with Crippen molar-refractivity contribution in [2.75, 3.05) is 0 Å². The molecule has 0 bridgehead atoms. The fourth-order valence-corrected chi connectivity index (χ4v) is 5.69. The minimum Gasteiger partial charge on any atom is -0.507 e. The van der Waals surface area contributed by atoms with Crippen LogP contribution in [0.3, 0.4) is 0 Å². The van der Waals surface area contributed by atoms with E-state index in [-0.39, 0.29) is 0 Å². The van der Waals surface area contributed by atoms with Crippen LogP contribution in [-0.4, -0.2) is 24.9 Å². The molecule has 0 amide bonds. The minimum absolute atomic E-state index is 0.461. The first-order valence-electron chi connectivity index (χ1n) is 12.3. The van der Waals surface area contributed by atoms with E-state index in [1.165, 1.54) is 75.3 Å². The number of hydrogen-bond donors (Lipinski definition) is 5. The fourth-order valence-electron chi connectivity index (χ4n) is 5.69. The van der Waals surface area contributed by atoms with Crippen molar-refractivity contribution in [3.05, 3.63) is 57.6 Å². The van der Waals surface area contributed by atoms with E-state index in [1.807, 2.05) is 0 Å². The molecule has 2 aromatic carbocycles. The van der Waals surface area contributed by atoms with Crippen molar-refractivity contribution in [3.63, 3.8) is 0 Å². The third-order valence-corrected chi connectivity index (χ3v) is 7.20. The number of phenolic OH excluding ortho intramolecular Hbond substituents is 2. The summed E-state index contributed by atoms with van der Waals surface area (Å²) in [4.78, 5) is 21.7. The maximum absolute atomic E-state index is 11.1. The molecular weight excluding hydrogens is 435 g/mol. The molecule has 0 radical (unpaired) electrons. The number of benzene rings is 2. The Kier molecular flexibility index (Phi) is 9.57. The molecule has 4 rings (SSSR count). The lowest BCUT2D eigenvalue weighted by Gasteiger charge is -2.25. The lowest BCUT2D eigenvalue weighted by molar-refractivity contribution is 0.368. The molecule has 0 saturated heterocycles. The Hall–Kier alpha value is -1.65. The second-order valence-corrected chi connectivity index (χ2v) is 10.4. The van der Waals surface area contributed by atoms with Crippen LogP contribution in [0.5, 0.6) is 11.5 Å². The van der Waals surface area contributed by atoms with Crippen LogP contribution in [0.2, 0.25) is 0 Å². The Bertz CT molecular complexity index is 841. The van der Waals surface area contributed by atoms with Crippen LogP contribution in [0.1, 0.15) is 109 Å². The van der Waals surface area contributed by atoms with Gasteiger partial charge in [0, 0.05) is 6.42 Å². The maximum atomic E-state index is 11.1. The molecular formula is C27H39O5P. The first-order chi connectivity index (χ1) is 15.8. The SMILES string of the molecule is Cc1cc(Cc2cc(C)cc(C3CCCCC3)c2O)c(O)c(C2CCCCC2)c1.OP(O)O. The van der Waals surface area contributed by atoms with E-state index in [0.717, 1.165) is 22.3 Å². The molecule has 0 heterocycles. The highest BCUT2D eigenvalue weighted by atomic mass is 31.2. The van der Waals surface area contributed by atoms with Gasteiger partial charge in [0.15, 0.2) is 0 Å². The zero-order chi connectivity index (χ0) is 24.0. The monoisotopic (exact) mass is 474 g/mol. The quantitative estimate of drug-likeness (QED) is 0.322. The van der Waals surface area contributed by atoms with Crippen molar-refractivity contribution < 1.29 is 24.9 Å². The summed E-state index contributed by atoms with van der Waals surface area (Å²) >= 11 is 0. The van der Waals surface area contributed by atoms with E-state index >= 15 is 0 Å². The van der Waals surface area contributed by atoms with E-state index in [9.17, 15) is 10.2 Å². The predicted molar refractivity (Wildman–Crippen MR) is 134 cm³/mol. The summed E-state index contributed by atoms with van der Waals surface area (Å²) in [5.41, 5.74) is 6.58. The highest BCUT2D eigenvalue weighted by Gasteiger charge is 2.23. The van der Waals surface area contributed by atoms with E-state index < -0.39 is 8.60 Å². The van der Waals surface area contributed by atoms with Crippen LogP contribution in [0.15, 0.2) is 24.3 Å². The topological polar surface area (TPSA) is 101 Å². The Balaban J connectivity index is 0.000000709.